The van der Waals surface area contributed by atoms with Crippen LogP contribution >= 0.6 is 0 Å². The van der Waals surface area contributed by atoms with Crippen molar-refractivity contribution in [2.45, 2.75) is 13.5 Å². The van der Waals surface area contributed by atoms with Crippen LogP contribution in [-0.4, -0.2) is 21.2 Å². The number of para-hydroxylation sites is 1. The lowest BCUT2D eigenvalue weighted by Crippen LogP contribution is -1.93. The number of aliphatic carboxylic acids is 1. The van der Waals surface area contributed by atoms with Crippen molar-refractivity contribution < 1.29 is 15.0 Å². The number of rotatable bonds is 1. The van der Waals surface area contributed by atoms with Crippen LogP contribution in [-0.2, 0) is 11.4 Å². The van der Waals surface area contributed by atoms with Crippen LogP contribution in [0, 0.1) is 0 Å². The van der Waals surface area contributed by atoms with Crippen molar-refractivity contribution >= 4 is 38.5 Å². The third-order valence-electron chi connectivity index (χ3n) is 3.85. The van der Waals surface area contributed by atoms with Crippen LogP contribution in [0.3, 0.4) is 0 Å². The lowest BCUT2D eigenvalue weighted by molar-refractivity contribution is -0.134. The van der Waals surface area contributed by atoms with Gasteiger partial charge < -0.3 is 10.2 Å². The van der Waals surface area contributed by atoms with E-state index < -0.39 is 5.97 Å². The van der Waals surface area contributed by atoms with E-state index in [9.17, 15) is 5.11 Å². The van der Waals surface area contributed by atoms with E-state index in [0.29, 0.717) is 0 Å². The van der Waals surface area contributed by atoms with Gasteiger partial charge in [0.1, 0.15) is 0 Å². The van der Waals surface area contributed by atoms with E-state index in [1.165, 1.54) is 5.39 Å². The predicted octanol–water partition coefficient (Wildman–Crippen LogP) is 4.12. The van der Waals surface area contributed by atoms with Crippen molar-refractivity contribution in [1.82, 2.24) is 4.98 Å². The number of benzene rings is 3. The molecule has 0 spiro atoms. The number of carboxylic acid groups (broad SMARTS) is 1. The van der Waals surface area contributed by atoms with E-state index in [2.05, 4.69) is 24.3 Å². The minimum Gasteiger partial charge on any atom is -0.481 e. The first-order valence-electron chi connectivity index (χ1n) is 7.61. The fourth-order valence-corrected chi connectivity index (χ4v) is 2.88. The number of fused-ring (bicyclic) bond motifs is 4. The summed E-state index contributed by atoms with van der Waals surface area (Å²) >= 11 is 0. The maximum atomic E-state index is 9.78. The zero-order valence-corrected chi connectivity index (χ0v) is 13.2. The van der Waals surface area contributed by atoms with E-state index in [4.69, 9.17) is 14.9 Å². The predicted molar refractivity (Wildman–Crippen MR) is 96.0 cm³/mol. The quantitative estimate of drug-likeness (QED) is 0.409. The highest BCUT2D eigenvalue weighted by molar-refractivity contribution is 6.10. The summed E-state index contributed by atoms with van der Waals surface area (Å²) in [5, 5.41) is 21.6. The Morgan fingerprint density at radius 3 is 2.25 bits per heavy atom. The summed E-state index contributed by atoms with van der Waals surface area (Å²) in [5.74, 6) is -0.833. The molecule has 0 fully saturated rings. The van der Waals surface area contributed by atoms with Crippen LogP contribution < -0.4 is 0 Å². The summed E-state index contributed by atoms with van der Waals surface area (Å²) < 4.78 is 0. The largest absolute Gasteiger partial charge is 0.481 e. The second-order valence-corrected chi connectivity index (χ2v) is 5.47. The van der Waals surface area contributed by atoms with Gasteiger partial charge in [-0.2, -0.15) is 0 Å². The molecule has 3 aromatic carbocycles. The van der Waals surface area contributed by atoms with E-state index in [0.717, 1.165) is 39.7 Å². The van der Waals surface area contributed by atoms with E-state index >= 15 is 0 Å². The number of carbonyl (C=O) groups is 1. The standard InChI is InChI=1S/C18H13NO.C2H4O2/c20-11-16-14-7-3-4-8-17(14)19-18-13-6-2-1-5-12(13)9-10-15(16)18;1-2(3)4/h1-10,20H,11H2;1H3,(H,3,4). The topological polar surface area (TPSA) is 70.4 Å². The van der Waals surface area contributed by atoms with Crippen molar-refractivity contribution in [3.8, 4) is 0 Å². The Bertz CT molecular complexity index is 1040. The van der Waals surface area contributed by atoms with Gasteiger partial charge in [-0.1, -0.05) is 54.6 Å². The minimum absolute atomic E-state index is 0.0257. The molecule has 4 heteroatoms. The Labute approximate surface area is 139 Å². The van der Waals surface area contributed by atoms with Crippen LogP contribution in [0.5, 0.6) is 0 Å². The zero-order chi connectivity index (χ0) is 17.1. The molecule has 0 saturated heterocycles. The average Bonchev–Trinajstić information content (AvgIpc) is 2.59. The van der Waals surface area contributed by atoms with Gasteiger partial charge in [-0.3, -0.25) is 4.79 Å². The molecule has 0 unspecified atom stereocenters. The van der Waals surface area contributed by atoms with Crippen molar-refractivity contribution in [2.24, 2.45) is 0 Å². The van der Waals surface area contributed by atoms with Gasteiger partial charge in [-0.05, 0) is 17.0 Å². The van der Waals surface area contributed by atoms with E-state index in [1.54, 1.807) is 0 Å². The number of carboxylic acids is 1. The van der Waals surface area contributed by atoms with Gasteiger partial charge in [0.15, 0.2) is 0 Å². The number of pyridine rings is 1. The van der Waals surface area contributed by atoms with Crippen LogP contribution in [0.1, 0.15) is 12.5 Å². The van der Waals surface area contributed by atoms with Crippen LogP contribution in [0.15, 0.2) is 60.7 Å². The zero-order valence-electron chi connectivity index (χ0n) is 13.2. The first-order chi connectivity index (χ1) is 11.6. The van der Waals surface area contributed by atoms with Crippen molar-refractivity contribution in [1.29, 1.82) is 0 Å². The molecule has 0 radical (unpaired) electrons. The molecule has 0 aliphatic rings. The number of aliphatic hydroxyl groups is 1. The Kier molecular flexibility index (Phi) is 4.40. The molecule has 0 saturated carbocycles. The smallest absolute Gasteiger partial charge is 0.300 e. The number of nitrogens with zero attached hydrogens (tertiary/aromatic N) is 1. The summed E-state index contributed by atoms with van der Waals surface area (Å²) in [4.78, 5) is 13.8. The number of hydrogen-bond acceptors (Lipinski definition) is 3. The normalized spacial score (nSPS) is 10.6. The first kappa shape index (κ1) is 15.9. The molecule has 0 amide bonds. The van der Waals surface area contributed by atoms with E-state index in [-0.39, 0.29) is 6.61 Å². The fraction of sp³-hybridized carbons (Fsp3) is 0.100. The summed E-state index contributed by atoms with van der Waals surface area (Å²) in [6, 6.07) is 20.3. The number of aliphatic hydroxyl groups excluding tert-OH is 1. The number of aromatic nitrogens is 1. The minimum atomic E-state index is -0.833. The Balaban J connectivity index is 0.000000383. The summed E-state index contributed by atoms with van der Waals surface area (Å²) in [7, 11) is 0. The van der Waals surface area contributed by atoms with Crippen LogP contribution in [0.4, 0.5) is 0 Å². The van der Waals surface area contributed by atoms with E-state index in [1.807, 2.05) is 36.4 Å². The van der Waals surface area contributed by atoms with Crippen molar-refractivity contribution in [3.05, 3.63) is 66.2 Å². The molecular formula is C20H17NO3. The summed E-state index contributed by atoms with van der Waals surface area (Å²) in [5.41, 5.74) is 2.85. The lowest BCUT2D eigenvalue weighted by atomic mass is 9.99. The monoisotopic (exact) mass is 319 g/mol. The average molecular weight is 319 g/mol. The molecule has 0 aliphatic heterocycles. The van der Waals surface area contributed by atoms with Gasteiger partial charge in [0.2, 0.25) is 0 Å². The molecule has 4 nitrogen and oxygen atoms in total. The second-order valence-electron chi connectivity index (χ2n) is 5.47. The molecule has 120 valence electrons. The Morgan fingerprint density at radius 1 is 0.917 bits per heavy atom. The highest BCUT2D eigenvalue weighted by Gasteiger charge is 2.10. The molecule has 0 aliphatic carbocycles. The van der Waals surface area contributed by atoms with Crippen LogP contribution in [0.2, 0.25) is 0 Å². The maximum absolute atomic E-state index is 9.78. The molecule has 4 rings (SSSR count). The van der Waals surface area contributed by atoms with Gasteiger partial charge in [0.25, 0.3) is 5.97 Å². The highest BCUT2D eigenvalue weighted by atomic mass is 16.4. The molecule has 4 aromatic rings. The maximum Gasteiger partial charge on any atom is 0.300 e. The van der Waals surface area contributed by atoms with Gasteiger partial charge in [0, 0.05) is 23.1 Å². The van der Waals surface area contributed by atoms with Crippen molar-refractivity contribution in [3.63, 3.8) is 0 Å². The fourth-order valence-electron chi connectivity index (χ4n) is 2.88. The molecule has 1 heterocycles. The molecule has 0 bridgehead atoms. The van der Waals surface area contributed by atoms with Crippen molar-refractivity contribution in [2.75, 3.05) is 0 Å². The molecule has 24 heavy (non-hydrogen) atoms. The SMILES string of the molecule is CC(=O)O.OCc1c2ccccc2nc2c1ccc1ccccc12. The number of hydrogen-bond donors (Lipinski definition) is 2. The molecule has 2 N–H and O–H groups in total. The summed E-state index contributed by atoms with van der Waals surface area (Å²) in [6.07, 6.45) is 0. The third kappa shape index (κ3) is 2.92. The molecule has 1 aromatic heterocycles. The van der Waals surface area contributed by atoms with Gasteiger partial charge in [-0.15, -0.1) is 0 Å². The molecule has 0 atom stereocenters. The third-order valence-corrected chi connectivity index (χ3v) is 3.85. The van der Waals surface area contributed by atoms with Gasteiger partial charge >= 0.3 is 0 Å². The highest BCUT2D eigenvalue weighted by Crippen LogP contribution is 2.30. The lowest BCUT2D eigenvalue weighted by Gasteiger charge is -2.10. The second kappa shape index (κ2) is 6.64. The Morgan fingerprint density at radius 2 is 1.54 bits per heavy atom. The van der Waals surface area contributed by atoms with Gasteiger partial charge in [-0.25, -0.2) is 4.98 Å². The van der Waals surface area contributed by atoms with Crippen LogP contribution in [0.25, 0.3) is 32.6 Å². The first-order valence-corrected chi connectivity index (χ1v) is 7.61. The molecular weight excluding hydrogens is 302 g/mol. The summed E-state index contributed by atoms with van der Waals surface area (Å²) in [6.45, 7) is 1.11. The van der Waals surface area contributed by atoms with Gasteiger partial charge in [0.05, 0.1) is 17.6 Å². The Hall–Kier alpha value is -2.98.